The molecule has 40 heavy (non-hydrogen) atoms. The lowest BCUT2D eigenvalue weighted by Gasteiger charge is -2.35. The number of aryl methyl sites for hydroxylation is 2. The molecule has 7 nitrogen and oxygen atoms in total. The van der Waals surface area contributed by atoms with Gasteiger partial charge in [0.15, 0.2) is 5.13 Å². The second kappa shape index (κ2) is 11.2. The predicted molar refractivity (Wildman–Crippen MR) is 157 cm³/mol. The average molecular weight is 560 g/mol. The Labute approximate surface area is 239 Å². The van der Waals surface area contributed by atoms with Gasteiger partial charge in [0.05, 0.1) is 11.6 Å². The highest BCUT2D eigenvalue weighted by molar-refractivity contribution is 7.14. The number of carbonyl (C=O) groups is 2. The van der Waals surface area contributed by atoms with Crippen molar-refractivity contribution in [1.82, 2.24) is 9.88 Å². The van der Waals surface area contributed by atoms with E-state index in [0.29, 0.717) is 6.61 Å². The molecule has 2 unspecified atom stereocenters. The molecule has 2 aliphatic heterocycles. The number of anilines is 1. The van der Waals surface area contributed by atoms with Crippen molar-refractivity contribution in [2.75, 3.05) is 31.1 Å². The molecule has 8 heteroatoms. The van der Waals surface area contributed by atoms with Crippen LogP contribution in [0, 0.1) is 31.6 Å². The maximum absolute atomic E-state index is 13.0. The second-order valence-corrected chi connectivity index (χ2v) is 12.5. The molecule has 1 amide bonds. The number of benzene rings is 2. The molecule has 3 aliphatic rings. The van der Waals surface area contributed by atoms with E-state index in [4.69, 9.17) is 9.72 Å². The van der Waals surface area contributed by atoms with E-state index in [1.807, 2.05) is 36.1 Å². The van der Waals surface area contributed by atoms with Crippen LogP contribution in [0.3, 0.4) is 0 Å². The summed E-state index contributed by atoms with van der Waals surface area (Å²) in [5.41, 5.74) is 5.75. The maximum Gasteiger partial charge on any atom is 0.307 e. The molecule has 0 spiro atoms. The molecular formula is C32H37N3O4S. The van der Waals surface area contributed by atoms with Gasteiger partial charge in [0.25, 0.3) is 5.91 Å². The molecule has 2 aromatic carbocycles. The standard InChI is InChI=1S/C32H37N3O4S/c1-20-6-11-28(39-18-22-7-10-25(21(2)15-22)30(36)34-12-4-3-5-13-34)26(14-20)27-19-40-32(33-27)35-16-23-8-9-24(17-35)29(23)31(37)38/h6-7,10-11,14-15,19,23-24,29H,3-5,8-9,12-13,16-18H2,1-2H3,(H,37,38). The van der Waals surface area contributed by atoms with Crippen LogP contribution in [0.1, 0.15) is 59.2 Å². The molecule has 0 radical (unpaired) electrons. The van der Waals surface area contributed by atoms with Gasteiger partial charge in [-0.1, -0.05) is 23.8 Å². The van der Waals surface area contributed by atoms with E-state index < -0.39 is 5.97 Å². The highest BCUT2D eigenvalue weighted by atomic mass is 32.1. The first-order chi connectivity index (χ1) is 19.4. The van der Waals surface area contributed by atoms with Crippen LogP contribution >= 0.6 is 11.3 Å². The van der Waals surface area contributed by atoms with Crippen LogP contribution in [0.15, 0.2) is 41.8 Å². The van der Waals surface area contributed by atoms with Crippen molar-refractivity contribution >= 4 is 28.3 Å². The first-order valence-corrected chi connectivity index (χ1v) is 15.3. The fourth-order valence-corrected chi connectivity index (χ4v) is 7.61. The quantitative estimate of drug-likeness (QED) is 0.372. The number of hydrogen-bond donors (Lipinski definition) is 1. The fourth-order valence-electron chi connectivity index (χ4n) is 6.77. The van der Waals surface area contributed by atoms with Crippen LogP contribution in [-0.4, -0.2) is 53.0 Å². The number of amides is 1. The van der Waals surface area contributed by atoms with E-state index in [0.717, 1.165) is 96.3 Å². The van der Waals surface area contributed by atoms with Crippen LogP contribution in [0.4, 0.5) is 5.13 Å². The van der Waals surface area contributed by atoms with E-state index in [-0.39, 0.29) is 23.7 Å². The van der Waals surface area contributed by atoms with E-state index in [1.54, 1.807) is 11.3 Å². The summed E-state index contributed by atoms with van der Waals surface area (Å²) >= 11 is 1.62. The van der Waals surface area contributed by atoms with Crippen LogP contribution in [0.5, 0.6) is 5.75 Å². The average Bonchev–Trinajstić information content (AvgIpc) is 3.55. The third-order valence-electron chi connectivity index (χ3n) is 8.85. The molecule has 2 saturated heterocycles. The van der Waals surface area contributed by atoms with Crippen molar-refractivity contribution in [3.63, 3.8) is 0 Å². The molecule has 3 fully saturated rings. The zero-order chi connectivity index (χ0) is 27.8. The third-order valence-corrected chi connectivity index (χ3v) is 9.75. The molecule has 1 aromatic heterocycles. The van der Waals surface area contributed by atoms with Crippen molar-refractivity contribution in [2.24, 2.45) is 17.8 Å². The Hall–Kier alpha value is -3.39. The zero-order valence-corrected chi connectivity index (χ0v) is 24.1. The van der Waals surface area contributed by atoms with Gasteiger partial charge in [-0.25, -0.2) is 4.98 Å². The number of aliphatic carboxylic acids is 1. The number of thiazole rings is 1. The number of likely N-dealkylation sites (tertiary alicyclic amines) is 1. The van der Waals surface area contributed by atoms with Crippen LogP contribution in [0.2, 0.25) is 0 Å². The SMILES string of the molecule is Cc1ccc(OCc2ccc(C(=O)N3CCCCC3)c(C)c2)c(-c2csc(N3CC4CCC(C3)C4C(=O)O)n2)c1. The van der Waals surface area contributed by atoms with Crippen LogP contribution in [0.25, 0.3) is 11.3 Å². The molecule has 3 heterocycles. The van der Waals surface area contributed by atoms with Gasteiger partial charge in [-0.2, -0.15) is 0 Å². The predicted octanol–water partition coefficient (Wildman–Crippen LogP) is 6.18. The summed E-state index contributed by atoms with van der Waals surface area (Å²) < 4.78 is 6.33. The summed E-state index contributed by atoms with van der Waals surface area (Å²) in [5, 5.41) is 12.7. The van der Waals surface area contributed by atoms with Gasteiger partial charge in [-0.3, -0.25) is 9.59 Å². The number of hydrogen-bond acceptors (Lipinski definition) is 6. The Kier molecular flexibility index (Phi) is 7.53. The molecule has 6 rings (SSSR count). The van der Waals surface area contributed by atoms with Crippen molar-refractivity contribution in [3.8, 4) is 17.0 Å². The number of fused-ring (bicyclic) bond motifs is 2. The lowest BCUT2D eigenvalue weighted by Crippen LogP contribution is -2.44. The van der Waals surface area contributed by atoms with Gasteiger partial charge in [0.2, 0.25) is 0 Å². The Morgan fingerprint density at radius 1 is 1.02 bits per heavy atom. The number of ether oxygens (including phenoxy) is 1. The number of piperidine rings is 2. The van der Waals surface area contributed by atoms with E-state index in [1.165, 1.54) is 6.42 Å². The number of carboxylic acids is 1. The fraction of sp³-hybridized carbons (Fsp3) is 0.469. The Morgan fingerprint density at radius 2 is 1.77 bits per heavy atom. The highest BCUT2D eigenvalue weighted by Crippen LogP contribution is 2.44. The van der Waals surface area contributed by atoms with Gasteiger partial charge >= 0.3 is 5.97 Å². The topological polar surface area (TPSA) is 83.0 Å². The largest absolute Gasteiger partial charge is 0.488 e. The Balaban J connectivity index is 1.16. The van der Waals surface area contributed by atoms with Crippen LogP contribution in [-0.2, 0) is 11.4 Å². The first kappa shape index (κ1) is 26.8. The summed E-state index contributed by atoms with van der Waals surface area (Å²) in [6.07, 6.45) is 5.34. The van der Waals surface area contributed by atoms with Crippen LogP contribution < -0.4 is 9.64 Å². The zero-order valence-electron chi connectivity index (χ0n) is 23.3. The Morgan fingerprint density at radius 3 is 2.48 bits per heavy atom. The summed E-state index contributed by atoms with van der Waals surface area (Å²) in [5.74, 6) is 0.446. The smallest absolute Gasteiger partial charge is 0.307 e. The third kappa shape index (κ3) is 5.33. The molecule has 1 saturated carbocycles. The van der Waals surface area contributed by atoms with E-state index in [9.17, 15) is 14.7 Å². The minimum absolute atomic E-state index is 0.130. The number of rotatable bonds is 7. The second-order valence-electron chi connectivity index (χ2n) is 11.7. The monoisotopic (exact) mass is 559 g/mol. The van der Waals surface area contributed by atoms with Gasteiger partial charge in [-0.15, -0.1) is 11.3 Å². The van der Waals surface area contributed by atoms with Gasteiger partial charge < -0.3 is 19.6 Å². The molecule has 1 N–H and O–H groups in total. The minimum Gasteiger partial charge on any atom is -0.488 e. The summed E-state index contributed by atoms with van der Waals surface area (Å²) in [6.45, 7) is 7.67. The molecular weight excluding hydrogens is 522 g/mol. The lowest BCUT2D eigenvalue weighted by molar-refractivity contribution is -0.144. The molecule has 210 valence electrons. The Bertz CT molecular complexity index is 1400. The van der Waals surface area contributed by atoms with Crippen molar-refractivity contribution in [2.45, 2.75) is 52.6 Å². The van der Waals surface area contributed by atoms with Gasteiger partial charge in [0.1, 0.15) is 12.4 Å². The normalized spacial score (nSPS) is 22.4. The number of carboxylic acid groups (broad SMARTS) is 1. The highest BCUT2D eigenvalue weighted by Gasteiger charge is 2.46. The molecule has 3 aromatic rings. The van der Waals surface area contributed by atoms with E-state index >= 15 is 0 Å². The lowest BCUT2D eigenvalue weighted by atomic mass is 9.85. The van der Waals surface area contributed by atoms with Crippen molar-refractivity contribution in [1.29, 1.82) is 0 Å². The summed E-state index contributed by atoms with van der Waals surface area (Å²) in [6, 6.07) is 12.2. The van der Waals surface area contributed by atoms with E-state index in [2.05, 4.69) is 29.3 Å². The molecule has 2 atom stereocenters. The first-order valence-electron chi connectivity index (χ1n) is 14.4. The molecule has 1 aliphatic carbocycles. The number of carbonyl (C=O) groups excluding carboxylic acids is 1. The van der Waals surface area contributed by atoms with Gasteiger partial charge in [0, 0.05) is 42.7 Å². The number of nitrogens with zero attached hydrogens (tertiary/aromatic N) is 3. The summed E-state index contributed by atoms with van der Waals surface area (Å²) in [4.78, 5) is 34.0. The van der Waals surface area contributed by atoms with Crippen molar-refractivity contribution < 1.29 is 19.4 Å². The van der Waals surface area contributed by atoms with Gasteiger partial charge in [-0.05, 0) is 87.1 Å². The molecule has 2 bridgehead atoms. The minimum atomic E-state index is -0.646. The maximum atomic E-state index is 13.0. The summed E-state index contributed by atoms with van der Waals surface area (Å²) in [7, 11) is 0. The number of aromatic nitrogens is 1. The van der Waals surface area contributed by atoms with Crippen molar-refractivity contribution in [3.05, 3.63) is 64.0 Å².